The molecule has 1 saturated heterocycles. The van der Waals surface area contributed by atoms with Gasteiger partial charge in [0.05, 0.1) is 27.0 Å². The van der Waals surface area contributed by atoms with E-state index in [9.17, 15) is 9.59 Å². The number of aryl methyl sites for hydroxylation is 1. The number of likely N-dealkylation sites (tertiary alicyclic amines) is 1. The van der Waals surface area contributed by atoms with Crippen molar-refractivity contribution in [1.82, 2.24) is 4.90 Å². The van der Waals surface area contributed by atoms with E-state index in [2.05, 4.69) is 5.32 Å². The molecule has 3 rings (SSSR count). The number of methoxy groups -OCH3 is 3. The van der Waals surface area contributed by atoms with E-state index < -0.39 is 0 Å². The summed E-state index contributed by atoms with van der Waals surface area (Å²) < 4.78 is 15.8. The second-order valence-electron chi connectivity index (χ2n) is 7.33. The first-order chi connectivity index (χ1) is 14.5. The average molecular weight is 412 g/mol. The molecule has 0 spiro atoms. The molecule has 1 fully saturated rings. The Bertz CT molecular complexity index is 928. The Balaban J connectivity index is 1.70. The van der Waals surface area contributed by atoms with Gasteiger partial charge >= 0.3 is 6.03 Å². The van der Waals surface area contributed by atoms with Gasteiger partial charge in [-0.1, -0.05) is 0 Å². The highest BCUT2D eigenvalue weighted by molar-refractivity contribution is 6.00. The van der Waals surface area contributed by atoms with Crippen molar-refractivity contribution in [3.63, 3.8) is 0 Å². The van der Waals surface area contributed by atoms with Gasteiger partial charge in [0, 0.05) is 30.6 Å². The van der Waals surface area contributed by atoms with Gasteiger partial charge in [-0.2, -0.15) is 0 Å². The normalized spacial score (nSPS) is 16.0. The maximum absolute atomic E-state index is 13.1. The predicted octanol–water partition coefficient (Wildman–Crippen LogP) is 4.15. The summed E-state index contributed by atoms with van der Waals surface area (Å²) in [5.41, 5.74) is 2.12. The number of urea groups is 1. The maximum atomic E-state index is 13.1. The summed E-state index contributed by atoms with van der Waals surface area (Å²) in [6, 6.07) is 10.4. The van der Waals surface area contributed by atoms with Crippen molar-refractivity contribution >= 4 is 17.5 Å². The molecular formula is C23H28N2O5. The van der Waals surface area contributed by atoms with Crippen molar-refractivity contribution in [3.05, 3.63) is 47.5 Å². The van der Waals surface area contributed by atoms with E-state index in [1.54, 1.807) is 49.5 Å². The molecule has 1 heterocycles. The number of ketones is 1. The molecule has 2 amide bonds. The predicted molar refractivity (Wildman–Crippen MR) is 115 cm³/mol. The highest BCUT2D eigenvalue weighted by Gasteiger charge is 2.30. The third-order valence-corrected chi connectivity index (χ3v) is 5.43. The quantitative estimate of drug-likeness (QED) is 0.722. The number of benzene rings is 2. The smallest absolute Gasteiger partial charge is 0.321 e. The third-order valence-electron chi connectivity index (χ3n) is 5.43. The van der Waals surface area contributed by atoms with Gasteiger partial charge in [0.1, 0.15) is 17.2 Å². The molecule has 7 nitrogen and oxygen atoms in total. The van der Waals surface area contributed by atoms with Crippen LogP contribution in [0.2, 0.25) is 0 Å². The molecule has 30 heavy (non-hydrogen) atoms. The first kappa shape index (κ1) is 21.5. The maximum Gasteiger partial charge on any atom is 0.321 e. The van der Waals surface area contributed by atoms with Crippen LogP contribution in [0.25, 0.3) is 0 Å². The number of nitrogens with zero attached hydrogens (tertiary/aromatic N) is 1. The fourth-order valence-corrected chi connectivity index (χ4v) is 3.73. The first-order valence-electron chi connectivity index (χ1n) is 9.93. The van der Waals surface area contributed by atoms with E-state index >= 15 is 0 Å². The van der Waals surface area contributed by atoms with E-state index in [1.165, 1.54) is 7.11 Å². The molecule has 0 aliphatic carbocycles. The summed E-state index contributed by atoms with van der Waals surface area (Å²) in [5, 5.41) is 2.89. The minimum Gasteiger partial charge on any atom is -0.497 e. The molecule has 1 aliphatic heterocycles. The summed E-state index contributed by atoms with van der Waals surface area (Å²) in [6.07, 6.45) is 1.54. The number of rotatable bonds is 6. The van der Waals surface area contributed by atoms with Crippen LogP contribution in [0.5, 0.6) is 17.2 Å². The number of hydrogen-bond acceptors (Lipinski definition) is 5. The zero-order valence-electron chi connectivity index (χ0n) is 17.9. The van der Waals surface area contributed by atoms with E-state index in [0.29, 0.717) is 35.8 Å². The molecule has 0 unspecified atom stereocenters. The SMILES string of the molecule is COc1ccc(C(=O)[C@@H]2CCCN(C(=O)Nc3ccc(OC)cc3OC)C2)c(C)c1. The molecule has 160 valence electrons. The van der Waals surface area contributed by atoms with Crippen molar-refractivity contribution in [3.8, 4) is 17.2 Å². The van der Waals surface area contributed by atoms with Gasteiger partial charge < -0.3 is 24.4 Å². The number of piperidine rings is 1. The minimum atomic E-state index is -0.248. The van der Waals surface area contributed by atoms with Crippen LogP contribution in [0.4, 0.5) is 10.5 Å². The zero-order valence-corrected chi connectivity index (χ0v) is 17.9. The largest absolute Gasteiger partial charge is 0.497 e. The van der Waals surface area contributed by atoms with Crippen LogP contribution in [0.3, 0.4) is 0 Å². The molecule has 0 saturated carbocycles. The number of amides is 2. The zero-order chi connectivity index (χ0) is 21.7. The summed E-state index contributed by atoms with van der Waals surface area (Å²) in [6.45, 7) is 2.89. The lowest BCUT2D eigenvalue weighted by Crippen LogP contribution is -2.44. The van der Waals surface area contributed by atoms with Gasteiger partial charge in [0.25, 0.3) is 0 Å². The molecule has 1 atom stereocenters. The van der Waals surface area contributed by atoms with Crippen molar-refractivity contribution in [2.75, 3.05) is 39.7 Å². The van der Waals surface area contributed by atoms with E-state index in [-0.39, 0.29) is 17.7 Å². The van der Waals surface area contributed by atoms with Crippen molar-refractivity contribution in [1.29, 1.82) is 0 Å². The molecule has 7 heteroatoms. The summed E-state index contributed by atoms with van der Waals surface area (Å²) in [4.78, 5) is 27.6. The number of nitrogens with one attached hydrogen (secondary N) is 1. The highest BCUT2D eigenvalue weighted by Crippen LogP contribution is 2.30. The van der Waals surface area contributed by atoms with Crippen LogP contribution in [0.1, 0.15) is 28.8 Å². The van der Waals surface area contributed by atoms with Crippen LogP contribution in [0, 0.1) is 12.8 Å². The Kier molecular flexibility index (Phi) is 6.82. The van der Waals surface area contributed by atoms with Gasteiger partial charge in [0.2, 0.25) is 0 Å². The van der Waals surface area contributed by atoms with Crippen LogP contribution in [-0.4, -0.2) is 51.1 Å². The average Bonchev–Trinajstić information content (AvgIpc) is 2.78. The molecule has 0 aromatic heterocycles. The molecule has 0 bridgehead atoms. The fourth-order valence-electron chi connectivity index (χ4n) is 3.73. The number of ether oxygens (including phenoxy) is 3. The second kappa shape index (κ2) is 9.52. The lowest BCUT2D eigenvalue weighted by atomic mass is 9.88. The number of carbonyl (C=O) groups is 2. The Labute approximate surface area is 176 Å². The second-order valence-corrected chi connectivity index (χ2v) is 7.33. The number of Topliss-reactive ketones (excluding diaryl/α,β-unsaturated/α-hetero) is 1. The third kappa shape index (κ3) is 4.67. The lowest BCUT2D eigenvalue weighted by Gasteiger charge is -2.32. The van der Waals surface area contributed by atoms with Crippen LogP contribution in [0.15, 0.2) is 36.4 Å². The van der Waals surface area contributed by atoms with Gasteiger partial charge in [-0.05, 0) is 55.7 Å². The molecule has 2 aromatic carbocycles. The van der Waals surface area contributed by atoms with Gasteiger partial charge in [-0.15, -0.1) is 0 Å². The van der Waals surface area contributed by atoms with E-state index in [4.69, 9.17) is 14.2 Å². The van der Waals surface area contributed by atoms with E-state index in [1.807, 2.05) is 13.0 Å². The minimum absolute atomic E-state index is 0.0645. The Morgan fingerprint density at radius 1 is 1.00 bits per heavy atom. The van der Waals surface area contributed by atoms with Crippen LogP contribution >= 0.6 is 0 Å². The fraction of sp³-hybridized carbons (Fsp3) is 0.391. The molecule has 0 radical (unpaired) electrons. The summed E-state index contributed by atoms with van der Waals surface area (Å²) >= 11 is 0. The van der Waals surface area contributed by atoms with Gasteiger partial charge in [0.15, 0.2) is 5.78 Å². The van der Waals surface area contributed by atoms with E-state index in [0.717, 1.165) is 24.2 Å². The molecule has 1 aliphatic rings. The Hall–Kier alpha value is -3.22. The standard InChI is InChI=1S/C23H28N2O5/c1-15-12-17(28-2)7-9-19(15)22(26)16-6-5-11-25(14-16)23(27)24-20-10-8-18(29-3)13-21(20)30-4/h7-10,12-13,16H,5-6,11,14H2,1-4H3,(H,24,27)/t16-/m1/s1. The topological polar surface area (TPSA) is 77.1 Å². The van der Waals surface area contributed by atoms with Crippen LogP contribution in [-0.2, 0) is 0 Å². The van der Waals surface area contributed by atoms with Crippen molar-refractivity contribution in [2.45, 2.75) is 19.8 Å². The Morgan fingerprint density at radius 3 is 2.37 bits per heavy atom. The van der Waals surface area contributed by atoms with Crippen molar-refractivity contribution in [2.24, 2.45) is 5.92 Å². The lowest BCUT2D eigenvalue weighted by molar-refractivity contribution is 0.0851. The van der Waals surface area contributed by atoms with Gasteiger partial charge in [-0.25, -0.2) is 4.79 Å². The first-order valence-corrected chi connectivity index (χ1v) is 9.93. The highest BCUT2D eigenvalue weighted by atomic mass is 16.5. The number of anilines is 1. The van der Waals surface area contributed by atoms with Gasteiger partial charge in [-0.3, -0.25) is 4.79 Å². The molecular weight excluding hydrogens is 384 g/mol. The molecule has 1 N–H and O–H groups in total. The number of carbonyl (C=O) groups excluding carboxylic acids is 2. The van der Waals surface area contributed by atoms with Crippen molar-refractivity contribution < 1.29 is 23.8 Å². The monoisotopic (exact) mass is 412 g/mol. The summed E-state index contributed by atoms with van der Waals surface area (Å²) in [5.74, 6) is 1.72. The van der Waals surface area contributed by atoms with Crippen LogP contribution < -0.4 is 19.5 Å². The molecule has 2 aromatic rings. The number of hydrogen-bond donors (Lipinski definition) is 1. The Morgan fingerprint density at radius 2 is 1.70 bits per heavy atom. The summed E-state index contributed by atoms with van der Waals surface area (Å²) in [7, 11) is 4.71.